The lowest BCUT2D eigenvalue weighted by Gasteiger charge is -2.23. The molecule has 0 atom stereocenters. The van der Waals surface area contributed by atoms with Gasteiger partial charge in [-0.2, -0.15) is 0 Å². The normalized spacial score (nSPS) is 23.8. The van der Waals surface area contributed by atoms with Gasteiger partial charge >= 0.3 is 0 Å². The molecule has 0 unspecified atom stereocenters. The number of nitrogens with zero attached hydrogens (tertiary/aromatic N) is 1. The summed E-state index contributed by atoms with van der Waals surface area (Å²) >= 11 is 1.79. The Balaban J connectivity index is 1.68. The Labute approximate surface area is 94.4 Å². The van der Waals surface area contributed by atoms with Gasteiger partial charge in [-0.1, -0.05) is 6.42 Å². The summed E-state index contributed by atoms with van der Waals surface area (Å²) in [7, 11) is 0. The van der Waals surface area contributed by atoms with Gasteiger partial charge in [-0.3, -0.25) is 0 Å². The van der Waals surface area contributed by atoms with Gasteiger partial charge in [-0.25, -0.2) is 4.98 Å². The largest absolute Gasteiger partial charge is 0.396 e. The molecule has 3 rings (SSSR count). The van der Waals surface area contributed by atoms with Gasteiger partial charge in [0.05, 0.1) is 10.7 Å². The standard InChI is InChI=1S/C12H17NOS/c14-8-12(4-5-12)6-11-13-10(7-15-11)9-2-1-3-9/h7,9,14H,1-6,8H2. The first-order valence-electron chi connectivity index (χ1n) is 5.86. The van der Waals surface area contributed by atoms with Gasteiger partial charge in [0.15, 0.2) is 0 Å². The summed E-state index contributed by atoms with van der Waals surface area (Å²) in [6.07, 6.45) is 7.39. The first kappa shape index (κ1) is 9.79. The van der Waals surface area contributed by atoms with Crippen LogP contribution in [0.5, 0.6) is 0 Å². The molecule has 2 fully saturated rings. The highest BCUT2D eigenvalue weighted by Crippen LogP contribution is 2.48. The minimum absolute atomic E-state index is 0.217. The summed E-state index contributed by atoms with van der Waals surface area (Å²) in [5, 5.41) is 12.7. The zero-order chi connectivity index (χ0) is 10.3. The quantitative estimate of drug-likeness (QED) is 0.851. The third kappa shape index (κ3) is 1.83. The molecule has 82 valence electrons. The van der Waals surface area contributed by atoms with E-state index in [2.05, 4.69) is 5.38 Å². The summed E-state index contributed by atoms with van der Waals surface area (Å²) < 4.78 is 0. The average molecular weight is 223 g/mol. The van der Waals surface area contributed by atoms with E-state index < -0.39 is 0 Å². The van der Waals surface area contributed by atoms with E-state index >= 15 is 0 Å². The van der Waals surface area contributed by atoms with Crippen molar-refractivity contribution in [1.82, 2.24) is 4.98 Å². The molecule has 2 aliphatic rings. The van der Waals surface area contributed by atoms with Crippen LogP contribution in [-0.4, -0.2) is 16.7 Å². The van der Waals surface area contributed by atoms with Crippen LogP contribution in [0.2, 0.25) is 0 Å². The highest BCUT2D eigenvalue weighted by molar-refractivity contribution is 7.09. The zero-order valence-corrected chi connectivity index (χ0v) is 9.72. The molecular formula is C12H17NOS. The lowest BCUT2D eigenvalue weighted by Crippen LogP contribution is -2.11. The minimum Gasteiger partial charge on any atom is -0.396 e. The van der Waals surface area contributed by atoms with Crippen LogP contribution in [-0.2, 0) is 6.42 Å². The highest BCUT2D eigenvalue weighted by atomic mass is 32.1. The van der Waals surface area contributed by atoms with Crippen LogP contribution in [0.3, 0.4) is 0 Å². The fourth-order valence-corrected chi connectivity index (χ4v) is 3.24. The maximum absolute atomic E-state index is 9.27. The van der Waals surface area contributed by atoms with Crippen molar-refractivity contribution < 1.29 is 5.11 Å². The van der Waals surface area contributed by atoms with E-state index in [0.29, 0.717) is 6.61 Å². The predicted octanol–water partition coefficient (Wildman–Crippen LogP) is 2.73. The lowest BCUT2D eigenvalue weighted by molar-refractivity contribution is 0.211. The Morgan fingerprint density at radius 3 is 2.80 bits per heavy atom. The molecule has 1 aromatic heterocycles. The average Bonchev–Trinajstić information content (AvgIpc) is 2.79. The fraction of sp³-hybridized carbons (Fsp3) is 0.750. The van der Waals surface area contributed by atoms with Crippen LogP contribution in [0.15, 0.2) is 5.38 Å². The maximum atomic E-state index is 9.27. The number of aromatic nitrogens is 1. The Morgan fingerprint density at radius 1 is 1.47 bits per heavy atom. The Bertz CT molecular complexity index is 352. The molecule has 3 heteroatoms. The fourth-order valence-electron chi connectivity index (χ4n) is 2.19. The molecule has 2 saturated carbocycles. The van der Waals surface area contributed by atoms with Crippen LogP contribution >= 0.6 is 11.3 Å². The van der Waals surface area contributed by atoms with Crippen molar-refractivity contribution in [1.29, 1.82) is 0 Å². The molecular weight excluding hydrogens is 206 g/mol. The van der Waals surface area contributed by atoms with E-state index in [9.17, 15) is 5.11 Å². The summed E-state index contributed by atoms with van der Waals surface area (Å²) in [5.74, 6) is 0.749. The SMILES string of the molecule is OCC1(Cc2nc(C3CCC3)cs2)CC1. The van der Waals surface area contributed by atoms with Gasteiger partial charge in [0.1, 0.15) is 0 Å². The molecule has 1 heterocycles. The number of thiazole rings is 1. The minimum atomic E-state index is 0.217. The van der Waals surface area contributed by atoms with Crippen molar-refractivity contribution >= 4 is 11.3 Å². The Morgan fingerprint density at radius 2 is 2.27 bits per heavy atom. The summed E-state index contributed by atoms with van der Waals surface area (Å²) in [6, 6.07) is 0. The van der Waals surface area contributed by atoms with Crippen molar-refractivity contribution in [2.75, 3.05) is 6.61 Å². The molecule has 2 nitrogen and oxygen atoms in total. The van der Waals surface area contributed by atoms with Crippen LogP contribution < -0.4 is 0 Å². The van der Waals surface area contributed by atoms with E-state index in [1.165, 1.54) is 42.8 Å². The predicted molar refractivity (Wildman–Crippen MR) is 61.2 cm³/mol. The molecule has 0 amide bonds. The second-order valence-corrected chi connectivity index (χ2v) is 6.07. The molecule has 0 aliphatic heterocycles. The number of aliphatic hydroxyl groups is 1. The van der Waals surface area contributed by atoms with Gasteiger partial charge < -0.3 is 5.11 Å². The first-order valence-corrected chi connectivity index (χ1v) is 6.74. The number of aliphatic hydroxyl groups excluding tert-OH is 1. The van der Waals surface area contributed by atoms with Gasteiger partial charge in [-0.05, 0) is 31.1 Å². The number of hydrogen-bond acceptors (Lipinski definition) is 3. The van der Waals surface area contributed by atoms with Gasteiger partial charge in [0.2, 0.25) is 0 Å². The van der Waals surface area contributed by atoms with E-state index in [0.717, 1.165) is 12.3 Å². The molecule has 2 aliphatic carbocycles. The van der Waals surface area contributed by atoms with Crippen molar-refractivity contribution in [3.8, 4) is 0 Å². The monoisotopic (exact) mass is 223 g/mol. The molecule has 1 N–H and O–H groups in total. The maximum Gasteiger partial charge on any atom is 0.0934 e. The third-order valence-corrected chi connectivity index (χ3v) is 4.78. The molecule has 15 heavy (non-hydrogen) atoms. The second kappa shape index (κ2) is 3.56. The van der Waals surface area contributed by atoms with Crippen LogP contribution in [0.25, 0.3) is 0 Å². The topological polar surface area (TPSA) is 33.1 Å². The Hall–Kier alpha value is -0.410. The van der Waals surface area contributed by atoms with Gasteiger partial charge in [-0.15, -0.1) is 11.3 Å². The number of hydrogen-bond donors (Lipinski definition) is 1. The molecule has 0 spiro atoms. The summed E-state index contributed by atoms with van der Waals surface area (Å²) in [4.78, 5) is 4.71. The highest BCUT2D eigenvalue weighted by Gasteiger charge is 2.42. The Kier molecular flexibility index (Phi) is 2.33. The van der Waals surface area contributed by atoms with Gasteiger partial charge in [0.25, 0.3) is 0 Å². The zero-order valence-electron chi connectivity index (χ0n) is 8.91. The van der Waals surface area contributed by atoms with Crippen LogP contribution in [0.1, 0.15) is 48.7 Å². The molecule has 0 radical (unpaired) electrons. The summed E-state index contributed by atoms with van der Waals surface area (Å²) in [5.41, 5.74) is 1.53. The van der Waals surface area contributed by atoms with E-state index in [4.69, 9.17) is 4.98 Å². The molecule has 0 aromatic carbocycles. The van der Waals surface area contributed by atoms with E-state index in [-0.39, 0.29) is 5.41 Å². The smallest absolute Gasteiger partial charge is 0.0934 e. The van der Waals surface area contributed by atoms with Crippen LogP contribution in [0, 0.1) is 5.41 Å². The molecule has 0 saturated heterocycles. The van der Waals surface area contributed by atoms with Crippen molar-refractivity contribution in [3.63, 3.8) is 0 Å². The molecule has 0 bridgehead atoms. The third-order valence-electron chi connectivity index (χ3n) is 3.91. The second-order valence-electron chi connectivity index (χ2n) is 5.13. The van der Waals surface area contributed by atoms with Crippen molar-refractivity contribution in [3.05, 3.63) is 16.1 Å². The van der Waals surface area contributed by atoms with Crippen molar-refractivity contribution in [2.24, 2.45) is 5.41 Å². The molecule has 1 aromatic rings. The summed E-state index contributed by atoms with van der Waals surface area (Å²) in [6.45, 7) is 0.339. The number of rotatable bonds is 4. The van der Waals surface area contributed by atoms with E-state index in [1.54, 1.807) is 11.3 Å². The lowest BCUT2D eigenvalue weighted by atomic mass is 9.83. The van der Waals surface area contributed by atoms with Gasteiger partial charge in [0, 0.05) is 24.3 Å². The van der Waals surface area contributed by atoms with Crippen LogP contribution in [0.4, 0.5) is 0 Å². The van der Waals surface area contributed by atoms with E-state index in [1.807, 2.05) is 0 Å². The first-order chi connectivity index (χ1) is 7.31. The van der Waals surface area contributed by atoms with Crippen molar-refractivity contribution in [2.45, 2.75) is 44.4 Å².